The molecule has 0 saturated heterocycles. The largest absolute Gasteiger partial charge is 0.461 e. The molecule has 0 aliphatic heterocycles. The number of allylic oxidation sites excluding steroid dienone is 2. The van der Waals surface area contributed by atoms with Gasteiger partial charge in [0.05, 0.1) is 0 Å². The highest BCUT2D eigenvalue weighted by Crippen LogP contribution is 2.08. The quantitative estimate of drug-likeness (QED) is 0.0549. The molecule has 0 aliphatic rings. The van der Waals surface area contributed by atoms with Crippen LogP contribution < -0.4 is 5.32 Å². The molecule has 39 heavy (non-hydrogen) atoms. The second-order valence-electron chi connectivity index (χ2n) is 10.8. The molecule has 0 saturated carbocycles. The third kappa shape index (κ3) is 32.5. The van der Waals surface area contributed by atoms with E-state index < -0.39 is 0 Å². The molecule has 0 spiro atoms. The molecular formula is C34H63NO4. The predicted octanol–water partition coefficient (Wildman–Crippen LogP) is 9.40. The van der Waals surface area contributed by atoms with Crippen molar-refractivity contribution in [2.45, 2.75) is 155 Å². The van der Waals surface area contributed by atoms with Crippen LogP contribution in [-0.4, -0.2) is 38.2 Å². The first-order valence-corrected chi connectivity index (χ1v) is 16.5. The molecule has 0 atom stereocenters. The number of esters is 2. The lowest BCUT2D eigenvalue weighted by molar-refractivity contribution is -0.143. The fourth-order valence-corrected chi connectivity index (χ4v) is 4.40. The van der Waals surface area contributed by atoms with E-state index >= 15 is 0 Å². The molecule has 0 aliphatic carbocycles. The van der Waals surface area contributed by atoms with Gasteiger partial charge in [0.2, 0.25) is 0 Å². The zero-order valence-electron chi connectivity index (χ0n) is 25.8. The van der Waals surface area contributed by atoms with Crippen LogP contribution in [0.3, 0.4) is 0 Å². The second kappa shape index (κ2) is 32.6. The third-order valence-electron chi connectivity index (χ3n) is 6.93. The molecule has 5 heteroatoms. The summed E-state index contributed by atoms with van der Waals surface area (Å²) in [5, 5.41) is 3.54. The van der Waals surface area contributed by atoms with Gasteiger partial charge >= 0.3 is 11.9 Å². The zero-order valence-corrected chi connectivity index (χ0v) is 25.8. The monoisotopic (exact) mass is 549 g/mol. The SMILES string of the molecule is CCCCCCC=CCOC(=O)CCCCCCCNCCCCCCCC(=O)OCC=CCCCCCC. The minimum absolute atomic E-state index is 0.0662. The fourth-order valence-electron chi connectivity index (χ4n) is 4.40. The first kappa shape index (κ1) is 37.4. The lowest BCUT2D eigenvalue weighted by atomic mass is 10.1. The van der Waals surface area contributed by atoms with Crippen molar-refractivity contribution in [2.75, 3.05) is 26.3 Å². The van der Waals surface area contributed by atoms with Gasteiger partial charge in [-0.2, -0.15) is 0 Å². The van der Waals surface area contributed by atoms with E-state index in [-0.39, 0.29) is 11.9 Å². The standard InChI is InChI=1S/C34H63NO4/c1-3-5-7-9-11-19-25-31-38-33(36)27-21-15-13-17-23-29-35-30-24-18-14-16-22-28-34(37)39-32-26-20-12-10-8-6-4-2/h19-20,25-26,35H,3-18,21-24,27-32H2,1-2H3. The van der Waals surface area contributed by atoms with Crippen LogP contribution in [0, 0.1) is 0 Å². The summed E-state index contributed by atoms with van der Waals surface area (Å²) in [6.45, 7) is 7.44. The molecule has 0 aromatic rings. The van der Waals surface area contributed by atoms with Crippen LogP contribution in [0.4, 0.5) is 0 Å². The Hall–Kier alpha value is -1.62. The van der Waals surface area contributed by atoms with Crippen LogP contribution in [0.15, 0.2) is 24.3 Å². The van der Waals surface area contributed by atoms with Crippen LogP contribution in [0.5, 0.6) is 0 Å². The van der Waals surface area contributed by atoms with Crippen molar-refractivity contribution in [1.82, 2.24) is 5.32 Å². The van der Waals surface area contributed by atoms with Crippen molar-refractivity contribution in [3.05, 3.63) is 24.3 Å². The second-order valence-corrected chi connectivity index (χ2v) is 10.8. The summed E-state index contributed by atoms with van der Waals surface area (Å²) >= 11 is 0. The number of ether oxygens (including phenoxy) is 2. The number of unbranched alkanes of at least 4 members (excludes halogenated alkanes) is 16. The molecule has 0 unspecified atom stereocenters. The van der Waals surface area contributed by atoms with Crippen LogP contribution in [-0.2, 0) is 19.1 Å². The molecule has 5 nitrogen and oxygen atoms in total. The van der Waals surface area contributed by atoms with Gasteiger partial charge in [0, 0.05) is 12.8 Å². The van der Waals surface area contributed by atoms with E-state index in [4.69, 9.17) is 9.47 Å². The Labute approximate surface area is 242 Å². The maximum Gasteiger partial charge on any atom is 0.306 e. The summed E-state index contributed by atoms with van der Waals surface area (Å²) < 4.78 is 10.5. The molecule has 228 valence electrons. The van der Waals surface area contributed by atoms with Crippen molar-refractivity contribution in [3.63, 3.8) is 0 Å². The van der Waals surface area contributed by atoms with Gasteiger partial charge in [0.25, 0.3) is 0 Å². The highest BCUT2D eigenvalue weighted by atomic mass is 16.5. The fraction of sp³-hybridized carbons (Fsp3) is 0.824. The smallest absolute Gasteiger partial charge is 0.306 e. The van der Waals surface area contributed by atoms with Crippen LogP contribution in [0.1, 0.15) is 155 Å². The first-order valence-electron chi connectivity index (χ1n) is 16.5. The molecule has 0 heterocycles. The van der Waals surface area contributed by atoms with Crippen LogP contribution >= 0.6 is 0 Å². The number of hydrogen-bond donors (Lipinski definition) is 1. The van der Waals surface area contributed by atoms with E-state index in [0.29, 0.717) is 26.1 Å². The van der Waals surface area contributed by atoms with E-state index in [9.17, 15) is 9.59 Å². The van der Waals surface area contributed by atoms with Gasteiger partial charge < -0.3 is 14.8 Å². The number of hydrogen-bond acceptors (Lipinski definition) is 5. The molecular weight excluding hydrogens is 486 g/mol. The van der Waals surface area contributed by atoms with Crippen LogP contribution in [0.2, 0.25) is 0 Å². The minimum atomic E-state index is -0.0662. The third-order valence-corrected chi connectivity index (χ3v) is 6.93. The highest BCUT2D eigenvalue weighted by molar-refractivity contribution is 5.69. The van der Waals surface area contributed by atoms with E-state index in [1.165, 1.54) is 89.9 Å². The average Bonchev–Trinajstić information content (AvgIpc) is 2.93. The summed E-state index contributed by atoms with van der Waals surface area (Å²) in [5.74, 6) is -0.132. The predicted molar refractivity (Wildman–Crippen MR) is 166 cm³/mol. The number of nitrogens with one attached hydrogen (secondary N) is 1. The Morgan fingerprint density at radius 3 is 1.31 bits per heavy atom. The van der Waals surface area contributed by atoms with Gasteiger partial charge in [-0.3, -0.25) is 9.59 Å². The van der Waals surface area contributed by atoms with E-state index in [1.54, 1.807) is 0 Å². The molecule has 0 radical (unpaired) electrons. The van der Waals surface area contributed by atoms with Crippen molar-refractivity contribution in [1.29, 1.82) is 0 Å². The molecule has 0 rings (SSSR count). The molecule has 1 N–H and O–H groups in total. The van der Waals surface area contributed by atoms with Crippen molar-refractivity contribution in [3.8, 4) is 0 Å². The van der Waals surface area contributed by atoms with Gasteiger partial charge in [-0.25, -0.2) is 0 Å². The van der Waals surface area contributed by atoms with Gasteiger partial charge in [0.1, 0.15) is 13.2 Å². The average molecular weight is 550 g/mol. The lowest BCUT2D eigenvalue weighted by Crippen LogP contribution is -2.16. The first-order chi connectivity index (χ1) is 19.2. The summed E-state index contributed by atoms with van der Waals surface area (Å²) in [6.07, 6.45) is 32.9. The summed E-state index contributed by atoms with van der Waals surface area (Å²) in [4.78, 5) is 23.5. The van der Waals surface area contributed by atoms with Crippen LogP contribution in [0.25, 0.3) is 0 Å². The summed E-state index contributed by atoms with van der Waals surface area (Å²) in [7, 11) is 0. The Morgan fingerprint density at radius 2 is 0.872 bits per heavy atom. The minimum Gasteiger partial charge on any atom is -0.461 e. The summed E-state index contributed by atoms with van der Waals surface area (Å²) in [5.41, 5.74) is 0. The van der Waals surface area contributed by atoms with Gasteiger partial charge in [-0.15, -0.1) is 0 Å². The Balaban J connectivity index is 3.27. The highest BCUT2D eigenvalue weighted by Gasteiger charge is 2.02. The Morgan fingerprint density at radius 1 is 0.487 bits per heavy atom. The van der Waals surface area contributed by atoms with E-state index in [0.717, 1.165) is 51.6 Å². The maximum absolute atomic E-state index is 11.8. The van der Waals surface area contributed by atoms with Gasteiger partial charge in [-0.05, 0) is 64.5 Å². The van der Waals surface area contributed by atoms with E-state index in [1.807, 2.05) is 12.2 Å². The van der Waals surface area contributed by atoms with E-state index in [2.05, 4.69) is 31.3 Å². The van der Waals surface area contributed by atoms with Crippen molar-refractivity contribution >= 4 is 11.9 Å². The Bertz CT molecular complexity index is 538. The summed E-state index contributed by atoms with van der Waals surface area (Å²) in [6, 6.07) is 0. The topological polar surface area (TPSA) is 64.6 Å². The number of carbonyl (C=O) groups excluding carboxylic acids is 2. The van der Waals surface area contributed by atoms with Crippen molar-refractivity contribution < 1.29 is 19.1 Å². The molecule has 0 aromatic heterocycles. The lowest BCUT2D eigenvalue weighted by Gasteiger charge is -2.06. The van der Waals surface area contributed by atoms with Gasteiger partial charge in [-0.1, -0.05) is 115 Å². The number of rotatable bonds is 30. The normalized spacial score (nSPS) is 11.5. The molecule has 0 aromatic carbocycles. The molecule has 0 bridgehead atoms. The van der Waals surface area contributed by atoms with Crippen molar-refractivity contribution in [2.24, 2.45) is 0 Å². The molecule has 0 amide bonds. The van der Waals surface area contributed by atoms with Gasteiger partial charge in [0.15, 0.2) is 0 Å². The number of carbonyl (C=O) groups is 2. The Kier molecular flexibility index (Phi) is 31.2. The maximum atomic E-state index is 11.8. The molecule has 0 fully saturated rings. The zero-order chi connectivity index (χ0) is 28.5.